The Bertz CT molecular complexity index is 852. The average molecular weight is 321 g/mol. The maximum Gasteiger partial charge on any atom is 0.276 e. The van der Waals surface area contributed by atoms with Crippen LogP contribution in [-0.2, 0) is 0 Å². The number of hydrogen-bond acceptors (Lipinski definition) is 3. The Kier molecular flexibility index (Phi) is 3.65. The molecule has 1 aromatic carbocycles. The van der Waals surface area contributed by atoms with E-state index < -0.39 is 0 Å². The van der Waals surface area contributed by atoms with Crippen LogP contribution >= 0.6 is 0 Å². The van der Waals surface area contributed by atoms with E-state index in [2.05, 4.69) is 15.3 Å². The summed E-state index contributed by atoms with van der Waals surface area (Å²) in [4.78, 5) is 18.0. The molecule has 2 aromatic heterocycles. The van der Waals surface area contributed by atoms with Gasteiger partial charge in [0.15, 0.2) is 5.69 Å². The van der Waals surface area contributed by atoms with Gasteiger partial charge < -0.3 is 9.88 Å². The molecule has 1 amide bonds. The van der Waals surface area contributed by atoms with E-state index in [9.17, 15) is 4.79 Å². The molecule has 1 saturated heterocycles. The van der Waals surface area contributed by atoms with Crippen molar-refractivity contribution in [3.63, 3.8) is 0 Å². The summed E-state index contributed by atoms with van der Waals surface area (Å²) in [6, 6.07) is 12.0. The van der Waals surface area contributed by atoms with E-state index in [1.165, 1.54) is 0 Å². The van der Waals surface area contributed by atoms with E-state index in [0.717, 1.165) is 36.3 Å². The second kappa shape index (κ2) is 5.96. The van der Waals surface area contributed by atoms with Crippen LogP contribution < -0.4 is 0 Å². The number of carbonyl (C=O) groups excluding carboxylic acids is 1. The minimum absolute atomic E-state index is 0.0639. The number of amides is 1. The molecule has 0 bridgehead atoms. The Morgan fingerprint density at radius 3 is 3.00 bits per heavy atom. The third-order valence-electron chi connectivity index (χ3n) is 4.47. The molecule has 0 aliphatic carbocycles. The predicted molar refractivity (Wildman–Crippen MR) is 89.9 cm³/mol. The van der Waals surface area contributed by atoms with Crippen LogP contribution in [0.5, 0.6) is 0 Å². The second-order valence-electron chi connectivity index (χ2n) is 6.17. The van der Waals surface area contributed by atoms with Gasteiger partial charge in [-0.2, -0.15) is 0 Å². The Hall–Kier alpha value is -2.89. The van der Waals surface area contributed by atoms with Crippen molar-refractivity contribution in [1.82, 2.24) is 24.9 Å². The average Bonchev–Trinajstić information content (AvgIpc) is 3.33. The number of likely N-dealkylation sites (tertiary alicyclic amines) is 1. The number of hydrogen-bond donors (Lipinski definition) is 1. The summed E-state index contributed by atoms with van der Waals surface area (Å²) >= 11 is 0. The van der Waals surface area contributed by atoms with Crippen molar-refractivity contribution in [2.24, 2.45) is 0 Å². The van der Waals surface area contributed by atoms with Crippen molar-refractivity contribution in [1.29, 1.82) is 0 Å². The highest BCUT2D eigenvalue weighted by Crippen LogP contribution is 2.31. The normalized spacial score (nSPS) is 17.4. The topological polar surface area (TPSA) is 66.8 Å². The molecule has 1 fully saturated rings. The number of nitrogens with zero attached hydrogens (tertiary/aromatic N) is 4. The molecule has 3 heterocycles. The first-order chi connectivity index (χ1) is 11.7. The summed E-state index contributed by atoms with van der Waals surface area (Å²) in [6.07, 6.45) is 5.57. The van der Waals surface area contributed by atoms with Crippen molar-refractivity contribution in [2.45, 2.75) is 25.8 Å². The zero-order valence-electron chi connectivity index (χ0n) is 13.5. The molecule has 0 radical (unpaired) electrons. The molecular weight excluding hydrogens is 302 g/mol. The van der Waals surface area contributed by atoms with E-state index in [1.807, 2.05) is 54.4 Å². The van der Waals surface area contributed by atoms with Gasteiger partial charge in [0.1, 0.15) is 0 Å². The molecule has 24 heavy (non-hydrogen) atoms. The van der Waals surface area contributed by atoms with Crippen molar-refractivity contribution in [3.05, 3.63) is 65.7 Å². The van der Waals surface area contributed by atoms with E-state index in [1.54, 1.807) is 10.9 Å². The van der Waals surface area contributed by atoms with Gasteiger partial charge >= 0.3 is 0 Å². The molecule has 1 N–H and O–H groups in total. The fourth-order valence-electron chi connectivity index (χ4n) is 3.29. The number of aromatic nitrogens is 4. The highest BCUT2D eigenvalue weighted by atomic mass is 16.2. The first-order valence-electron chi connectivity index (χ1n) is 8.16. The Balaban J connectivity index is 1.59. The Morgan fingerprint density at radius 1 is 1.29 bits per heavy atom. The lowest BCUT2D eigenvalue weighted by molar-refractivity contribution is 0.0727. The summed E-state index contributed by atoms with van der Waals surface area (Å²) in [5.41, 5.74) is 3.51. The largest absolute Gasteiger partial charge is 0.363 e. The summed E-state index contributed by atoms with van der Waals surface area (Å²) in [6.45, 7) is 2.78. The lowest BCUT2D eigenvalue weighted by Crippen LogP contribution is -2.31. The number of benzene rings is 1. The number of H-pyrrole nitrogens is 1. The van der Waals surface area contributed by atoms with Crippen molar-refractivity contribution in [3.8, 4) is 5.69 Å². The Labute approximate surface area is 140 Å². The van der Waals surface area contributed by atoms with Crippen LogP contribution in [0.25, 0.3) is 5.69 Å². The number of aromatic amines is 1. The van der Waals surface area contributed by atoms with Gasteiger partial charge in [-0.3, -0.25) is 4.79 Å². The monoisotopic (exact) mass is 321 g/mol. The summed E-state index contributed by atoms with van der Waals surface area (Å²) in [7, 11) is 0. The van der Waals surface area contributed by atoms with Gasteiger partial charge in [-0.1, -0.05) is 17.3 Å². The summed E-state index contributed by atoms with van der Waals surface area (Å²) in [5.74, 6) is -0.0639. The van der Waals surface area contributed by atoms with E-state index in [-0.39, 0.29) is 11.9 Å². The molecule has 122 valence electrons. The van der Waals surface area contributed by atoms with Gasteiger partial charge in [-0.25, -0.2) is 4.68 Å². The molecule has 6 nitrogen and oxygen atoms in total. The molecule has 0 spiro atoms. The fourth-order valence-corrected chi connectivity index (χ4v) is 3.29. The van der Waals surface area contributed by atoms with E-state index in [0.29, 0.717) is 5.69 Å². The SMILES string of the molecule is Cc1cccc(-n2cc(C(=O)N3CCC[C@H]3c3ccc[nH]3)nn2)c1. The second-order valence-corrected chi connectivity index (χ2v) is 6.17. The van der Waals surface area contributed by atoms with Crippen LogP contribution in [0, 0.1) is 6.92 Å². The predicted octanol–water partition coefficient (Wildman–Crippen LogP) is 2.88. The number of nitrogens with one attached hydrogen (secondary N) is 1. The zero-order chi connectivity index (χ0) is 16.5. The molecule has 1 aliphatic heterocycles. The van der Waals surface area contributed by atoms with Gasteiger partial charge in [0.25, 0.3) is 5.91 Å². The van der Waals surface area contributed by atoms with Crippen molar-refractivity contribution < 1.29 is 4.79 Å². The highest BCUT2D eigenvalue weighted by molar-refractivity contribution is 5.92. The molecule has 3 aromatic rings. The number of aryl methyl sites for hydroxylation is 1. The number of carbonyl (C=O) groups is 1. The van der Waals surface area contributed by atoms with Crippen LogP contribution in [0.3, 0.4) is 0 Å². The molecule has 6 heteroatoms. The first-order valence-corrected chi connectivity index (χ1v) is 8.16. The third kappa shape index (κ3) is 2.60. The lowest BCUT2D eigenvalue weighted by atomic mass is 10.1. The molecule has 0 saturated carbocycles. The quantitative estimate of drug-likeness (QED) is 0.806. The van der Waals surface area contributed by atoms with Crippen LogP contribution in [-0.4, -0.2) is 37.3 Å². The van der Waals surface area contributed by atoms with Crippen LogP contribution in [0.1, 0.15) is 40.6 Å². The molecule has 1 atom stereocenters. The number of rotatable bonds is 3. The van der Waals surface area contributed by atoms with E-state index >= 15 is 0 Å². The van der Waals surface area contributed by atoms with Gasteiger partial charge in [-0.05, 0) is 49.6 Å². The smallest absolute Gasteiger partial charge is 0.276 e. The highest BCUT2D eigenvalue weighted by Gasteiger charge is 2.32. The third-order valence-corrected chi connectivity index (χ3v) is 4.47. The van der Waals surface area contributed by atoms with Crippen LogP contribution in [0.2, 0.25) is 0 Å². The van der Waals surface area contributed by atoms with Crippen molar-refractivity contribution >= 4 is 5.91 Å². The fraction of sp³-hybridized carbons (Fsp3) is 0.278. The molecule has 4 rings (SSSR count). The minimum Gasteiger partial charge on any atom is -0.363 e. The standard InChI is InChI=1S/C18H19N5O/c1-13-5-2-6-14(11-13)23-12-16(20-21-23)18(24)22-10-4-8-17(22)15-7-3-9-19-15/h2-3,5-7,9,11-12,17,19H,4,8,10H2,1H3/t17-/m0/s1. The maximum atomic E-state index is 12.9. The maximum absolute atomic E-state index is 12.9. The van der Waals surface area contributed by atoms with Gasteiger partial charge in [0.2, 0.25) is 0 Å². The summed E-state index contributed by atoms with van der Waals surface area (Å²) in [5, 5.41) is 8.21. The molecular formula is C18H19N5O. The van der Waals surface area contributed by atoms with Gasteiger partial charge in [-0.15, -0.1) is 5.10 Å². The first kappa shape index (κ1) is 14.7. The molecule has 0 unspecified atom stereocenters. The van der Waals surface area contributed by atoms with Crippen LogP contribution in [0.4, 0.5) is 0 Å². The zero-order valence-corrected chi connectivity index (χ0v) is 13.5. The Morgan fingerprint density at radius 2 is 2.21 bits per heavy atom. The van der Waals surface area contributed by atoms with Gasteiger partial charge in [0, 0.05) is 18.4 Å². The van der Waals surface area contributed by atoms with Gasteiger partial charge in [0.05, 0.1) is 17.9 Å². The van der Waals surface area contributed by atoms with Crippen molar-refractivity contribution in [2.75, 3.05) is 6.54 Å². The van der Waals surface area contributed by atoms with E-state index in [4.69, 9.17) is 0 Å². The molecule has 1 aliphatic rings. The summed E-state index contributed by atoms with van der Waals surface area (Å²) < 4.78 is 1.65. The van der Waals surface area contributed by atoms with Crippen LogP contribution in [0.15, 0.2) is 48.8 Å². The minimum atomic E-state index is -0.0639. The lowest BCUT2D eigenvalue weighted by Gasteiger charge is -2.22.